The van der Waals surface area contributed by atoms with E-state index in [4.69, 9.17) is 9.15 Å². The molecule has 1 aliphatic rings. The smallest absolute Gasteiger partial charge is 0.307 e. The van der Waals surface area contributed by atoms with Gasteiger partial charge in [0, 0.05) is 23.9 Å². The van der Waals surface area contributed by atoms with Crippen LogP contribution in [0.15, 0.2) is 35.1 Å². The third-order valence-corrected chi connectivity index (χ3v) is 5.56. The quantitative estimate of drug-likeness (QED) is 0.488. The average Bonchev–Trinajstić information content (AvgIpc) is 3.17. The van der Waals surface area contributed by atoms with Crippen molar-refractivity contribution in [1.29, 1.82) is 0 Å². The molecule has 1 unspecified atom stereocenters. The first-order valence-electron chi connectivity index (χ1n) is 11.0. The fraction of sp³-hybridized carbons (Fsp3) is 0.625. The SMILES string of the molecule is CC(C)(C)OC(=O)CC(CCCC1CCCCC1)c1ncc(-c2ccncc2)o1. The van der Waals surface area contributed by atoms with E-state index in [0.29, 0.717) is 18.1 Å². The Morgan fingerprint density at radius 1 is 1.21 bits per heavy atom. The highest BCUT2D eigenvalue weighted by atomic mass is 16.6. The maximum absolute atomic E-state index is 12.5. The number of rotatable bonds is 8. The molecule has 5 heteroatoms. The Morgan fingerprint density at radius 2 is 1.93 bits per heavy atom. The molecule has 0 N–H and O–H groups in total. The van der Waals surface area contributed by atoms with Crippen molar-refractivity contribution in [2.24, 2.45) is 5.92 Å². The van der Waals surface area contributed by atoms with Crippen LogP contribution in [0.1, 0.15) is 90.4 Å². The van der Waals surface area contributed by atoms with Gasteiger partial charge in [-0.1, -0.05) is 44.9 Å². The molecule has 2 aromatic heterocycles. The van der Waals surface area contributed by atoms with Crippen molar-refractivity contribution in [2.75, 3.05) is 0 Å². The molecule has 5 nitrogen and oxygen atoms in total. The minimum Gasteiger partial charge on any atom is -0.460 e. The number of pyridine rings is 1. The number of hydrogen-bond acceptors (Lipinski definition) is 5. The largest absolute Gasteiger partial charge is 0.460 e. The van der Waals surface area contributed by atoms with Gasteiger partial charge in [-0.2, -0.15) is 0 Å². The lowest BCUT2D eigenvalue weighted by Gasteiger charge is -2.23. The highest BCUT2D eigenvalue weighted by Gasteiger charge is 2.25. The number of carbonyl (C=O) groups is 1. The summed E-state index contributed by atoms with van der Waals surface area (Å²) in [5.41, 5.74) is 0.458. The third-order valence-electron chi connectivity index (χ3n) is 5.56. The molecular formula is C24H34N2O3. The molecule has 3 rings (SSSR count). The summed E-state index contributed by atoms with van der Waals surface area (Å²) in [7, 11) is 0. The minimum atomic E-state index is -0.484. The molecule has 0 saturated heterocycles. The van der Waals surface area contributed by atoms with E-state index in [-0.39, 0.29) is 11.9 Å². The summed E-state index contributed by atoms with van der Waals surface area (Å²) in [6, 6.07) is 3.80. The first-order valence-corrected chi connectivity index (χ1v) is 11.0. The van der Waals surface area contributed by atoms with E-state index in [9.17, 15) is 4.79 Å². The molecule has 1 saturated carbocycles. The number of hydrogen-bond donors (Lipinski definition) is 0. The van der Waals surface area contributed by atoms with Gasteiger partial charge in [-0.15, -0.1) is 0 Å². The van der Waals surface area contributed by atoms with E-state index in [2.05, 4.69) is 9.97 Å². The maximum atomic E-state index is 12.5. The summed E-state index contributed by atoms with van der Waals surface area (Å²) < 4.78 is 11.6. The van der Waals surface area contributed by atoms with E-state index in [1.54, 1.807) is 18.6 Å². The molecule has 2 aromatic rings. The van der Waals surface area contributed by atoms with E-state index in [1.807, 2.05) is 32.9 Å². The predicted octanol–water partition coefficient (Wildman–Crippen LogP) is 6.30. The van der Waals surface area contributed by atoms with E-state index in [1.165, 1.54) is 38.5 Å². The number of aromatic nitrogens is 2. The Hall–Kier alpha value is -2.17. The van der Waals surface area contributed by atoms with Crippen LogP contribution in [0.3, 0.4) is 0 Å². The Bertz CT molecular complexity index is 758. The van der Waals surface area contributed by atoms with Crippen molar-refractivity contribution < 1.29 is 13.9 Å². The van der Waals surface area contributed by atoms with Gasteiger partial charge in [0.15, 0.2) is 11.7 Å². The second-order valence-corrected chi connectivity index (χ2v) is 9.22. The van der Waals surface area contributed by atoms with Crippen LogP contribution in [0.4, 0.5) is 0 Å². The van der Waals surface area contributed by atoms with Crippen molar-refractivity contribution >= 4 is 5.97 Å². The summed E-state index contributed by atoms with van der Waals surface area (Å²) in [6.07, 6.45) is 15.5. The van der Waals surface area contributed by atoms with Gasteiger partial charge < -0.3 is 9.15 Å². The normalized spacial score (nSPS) is 16.5. The van der Waals surface area contributed by atoms with Crippen LogP contribution in [0.25, 0.3) is 11.3 Å². The fourth-order valence-corrected chi connectivity index (χ4v) is 4.15. The van der Waals surface area contributed by atoms with Gasteiger partial charge in [0.05, 0.1) is 12.6 Å². The van der Waals surface area contributed by atoms with E-state index >= 15 is 0 Å². The molecule has 2 heterocycles. The van der Waals surface area contributed by atoms with Crippen LogP contribution in [0.5, 0.6) is 0 Å². The number of ether oxygens (including phenoxy) is 1. The predicted molar refractivity (Wildman–Crippen MR) is 113 cm³/mol. The van der Waals surface area contributed by atoms with Crippen LogP contribution in [0.2, 0.25) is 0 Å². The molecule has 0 amide bonds. The van der Waals surface area contributed by atoms with Crippen molar-refractivity contribution in [3.8, 4) is 11.3 Å². The first kappa shape index (κ1) is 21.5. The average molecular weight is 399 g/mol. The Labute approximate surface area is 174 Å². The highest BCUT2D eigenvalue weighted by Crippen LogP contribution is 2.33. The summed E-state index contributed by atoms with van der Waals surface area (Å²) in [4.78, 5) is 21.0. The maximum Gasteiger partial charge on any atom is 0.307 e. The van der Waals surface area contributed by atoms with Crippen LogP contribution in [-0.2, 0) is 9.53 Å². The Morgan fingerprint density at radius 3 is 2.62 bits per heavy atom. The summed E-state index contributed by atoms with van der Waals surface area (Å²) in [5, 5.41) is 0. The number of esters is 1. The summed E-state index contributed by atoms with van der Waals surface area (Å²) in [6.45, 7) is 5.70. The van der Waals surface area contributed by atoms with E-state index in [0.717, 1.165) is 24.3 Å². The van der Waals surface area contributed by atoms with Crippen molar-refractivity contribution in [1.82, 2.24) is 9.97 Å². The lowest BCUT2D eigenvalue weighted by atomic mass is 9.84. The monoisotopic (exact) mass is 398 g/mol. The van der Waals surface area contributed by atoms with Gasteiger partial charge in [-0.05, 0) is 45.2 Å². The van der Waals surface area contributed by atoms with Gasteiger partial charge >= 0.3 is 5.97 Å². The molecule has 0 aliphatic heterocycles. The van der Waals surface area contributed by atoms with Crippen LogP contribution in [0, 0.1) is 5.92 Å². The van der Waals surface area contributed by atoms with Crippen molar-refractivity contribution in [3.63, 3.8) is 0 Å². The Kier molecular flexibility index (Phi) is 7.45. The molecule has 1 atom stereocenters. The molecule has 29 heavy (non-hydrogen) atoms. The topological polar surface area (TPSA) is 65.2 Å². The Balaban J connectivity index is 1.66. The molecule has 1 aliphatic carbocycles. The second-order valence-electron chi connectivity index (χ2n) is 9.22. The van der Waals surface area contributed by atoms with Crippen LogP contribution >= 0.6 is 0 Å². The zero-order chi connectivity index (χ0) is 20.7. The zero-order valence-electron chi connectivity index (χ0n) is 18.0. The van der Waals surface area contributed by atoms with Crippen LogP contribution < -0.4 is 0 Å². The van der Waals surface area contributed by atoms with Crippen molar-refractivity contribution in [3.05, 3.63) is 36.6 Å². The number of nitrogens with zero attached hydrogens (tertiary/aromatic N) is 2. The lowest BCUT2D eigenvalue weighted by Crippen LogP contribution is -2.25. The molecule has 158 valence electrons. The second kappa shape index (κ2) is 10.0. The van der Waals surface area contributed by atoms with Crippen molar-refractivity contribution in [2.45, 2.75) is 90.1 Å². The molecule has 0 radical (unpaired) electrons. The molecular weight excluding hydrogens is 364 g/mol. The fourth-order valence-electron chi connectivity index (χ4n) is 4.15. The van der Waals surface area contributed by atoms with Crippen LogP contribution in [-0.4, -0.2) is 21.5 Å². The van der Waals surface area contributed by atoms with Gasteiger partial charge in [0.1, 0.15) is 5.60 Å². The standard InChI is InChI=1S/C24H34N2O3/c1-24(2,3)29-22(27)16-20(11-7-10-18-8-5-4-6-9-18)23-26-17-21(28-23)19-12-14-25-15-13-19/h12-15,17-18,20H,4-11,16H2,1-3H3. The van der Waals surface area contributed by atoms with E-state index < -0.39 is 5.60 Å². The zero-order valence-corrected chi connectivity index (χ0v) is 18.0. The first-order chi connectivity index (χ1) is 13.9. The molecule has 1 fully saturated rings. The molecule has 0 spiro atoms. The third kappa shape index (κ3) is 6.98. The minimum absolute atomic E-state index is 0.0518. The van der Waals surface area contributed by atoms with Gasteiger partial charge in [0.2, 0.25) is 0 Å². The van der Waals surface area contributed by atoms with Gasteiger partial charge in [-0.25, -0.2) is 4.98 Å². The van der Waals surface area contributed by atoms with Gasteiger partial charge in [0.25, 0.3) is 0 Å². The number of oxazole rings is 1. The number of carbonyl (C=O) groups excluding carboxylic acids is 1. The summed E-state index contributed by atoms with van der Waals surface area (Å²) >= 11 is 0. The molecule has 0 bridgehead atoms. The highest BCUT2D eigenvalue weighted by molar-refractivity contribution is 5.70. The molecule has 0 aromatic carbocycles. The summed E-state index contributed by atoms with van der Waals surface area (Å²) in [5.74, 6) is 1.94. The van der Waals surface area contributed by atoms with Gasteiger partial charge in [-0.3, -0.25) is 9.78 Å². The lowest BCUT2D eigenvalue weighted by molar-refractivity contribution is -0.155.